The number of benzene rings is 2. The van der Waals surface area contributed by atoms with E-state index in [2.05, 4.69) is 5.10 Å². The molecule has 1 aromatic heterocycles. The number of hydrogen-bond acceptors (Lipinski definition) is 5. The van der Waals surface area contributed by atoms with Crippen LogP contribution in [-0.2, 0) is 11.3 Å². The van der Waals surface area contributed by atoms with E-state index < -0.39 is 11.6 Å². The number of aryl methyl sites for hydroxylation is 3. The molecule has 8 heteroatoms. The van der Waals surface area contributed by atoms with Crippen molar-refractivity contribution in [3.05, 3.63) is 69.4 Å². The van der Waals surface area contributed by atoms with Crippen molar-refractivity contribution in [2.75, 3.05) is 7.11 Å². The lowest BCUT2D eigenvalue weighted by atomic mass is 10.0. The lowest BCUT2D eigenvalue weighted by Crippen LogP contribution is -2.38. The number of carboxylic acid groups (broad SMARTS) is 1. The topological polar surface area (TPSA) is 95.6 Å². The summed E-state index contributed by atoms with van der Waals surface area (Å²) in [5, 5.41) is 13.7. The average Bonchev–Trinajstić information content (AvgIpc) is 2.99. The van der Waals surface area contributed by atoms with Gasteiger partial charge in [-0.25, -0.2) is 9.59 Å². The zero-order chi connectivity index (χ0) is 22.9. The normalized spacial score (nSPS) is 11.4. The quantitative estimate of drug-likeness (QED) is 0.624. The van der Waals surface area contributed by atoms with Crippen molar-refractivity contribution >= 4 is 5.97 Å². The second-order valence-corrected chi connectivity index (χ2v) is 8.00. The van der Waals surface area contributed by atoms with Crippen LogP contribution < -0.4 is 15.2 Å². The third kappa shape index (κ3) is 4.47. The molecule has 3 rings (SSSR count). The molecule has 0 unspecified atom stereocenters. The maximum absolute atomic E-state index is 13.0. The molecule has 0 fully saturated rings. The number of ether oxygens (including phenoxy) is 2. The Hall–Kier alpha value is -3.55. The van der Waals surface area contributed by atoms with Crippen molar-refractivity contribution < 1.29 is 19.4 Å². The molecule has 0 amide bonds. The molecule has 8 nitrogen and oxygen atoms in total. The van der Waals surface area contributed by atoms with E-state index in [9.17, 15) is 14.7 Å². The number of aromatic nitrogens is 3. The number of rotatable bonds is 7. The van der Waals surface area contributed by atoms with Gasteiger partial charge in [0, 0.05) is 0 Å². The Bertz CT molecular complexity index is 1150. The van der Waals surface area contributed by atoms with Crippen LogP contribution in [0, 0.1) is 20.8 Å². The fourth-order valence-corrected chi connectivity index (χ4v) is 3.34. The number of methoxy groups -OCH3 is 1. The zero-order valence-corrected chi connectivity index (χ0v) is 18.6. The lowest BCUT2D eigenvalue weighted by molar-refractivity contribution is -0.152. The van der Waals surface area contributed by atoms with Gasteiger partial charge in [0.15, 0.2) is 5.60 Å². The number of nitrogens with zero attached hydrogens (tertiary/aromatic N) is 3. The van der Waals surface area contributed by atoms with Crippen LogP contribution in [0.3, 0.4) is 0 Å². The molecule has 2 aromatic carbocycles. The van der Waals surface area contributed by atoms with Crippen LogP contribution in [0.25, 0.3) is 5.69 Å². The van der Waals surface area contributed by atoms with E-state index in [0.29, 0.717) is 29.6 Å². The van der Waals surface area contributed by atoms with E-state index in [-0.39, 0.29) is 5.69 Å². The molecule has 3 aromatic rings. The maximum atomic E-state index is 13.0. The first-order valence-electron chi connectivity index (χ1n) is 9.87. The summed E-state index contributed by atoms with van der Waals surface area (Å²) in [6, 6.07) is 10.9. The Labute approximate surface area is 180 Å². The van der Waals surface area contributed by atoms with Crippen LogP contribution in [0.15, 0.2) is 41.2 Å². The minimum absolute atomic E-state index is 0.245. The molecule has 0 aliphatic rings. The van der Waals surface area contributed by atoms with Crippen molar-refractivity contribution in [2.45, 2.75) is 46.8 Å². The molecule has 0 aliphatic heterocycles. The van der Waals surface area contributed by atoms with Gasteiger partial charge >= 0.3 is 11.7 Å². The Balaban J connectivity index is 1.92. The van der Waals surface area contributed by atoms with Gasteiger partial charge in [-0.3, -0.25) is 4.57 Å². The van der Waals surface area contributed by atoms with Gasteiger partial charge < -0.3 is 14.6 Å². The molecule has 0 saturated carbocycles. The maximum Gasteiger partial charge on any atom is 0.351 e. The predicted molar refractivity (Wildman–Crippen MR) is 116 cm³/mol. The van der Waals surface area contributed by atoms with E-state index in [0.717, 1.165) is 16.7 Å². The minimum Gasteiger partial charge on any atom is -0.497 e. The first-order chi connectivity index (χ1) is 14.5. The first kappa shape index (κ1) is 22.1. The van der Waals surface area contributed by atoms with Crippen LogP contribution in [0.2, 0.25) is 0 Å². The molecule has 1 N–H and O–H groups in total. The monoisotopic (exact) mass is 425 g/mol. The van der Waals surface area contributed by atoms with Crippen LogP contribution in [0.1, 0.15) is 36.4 Å². The van der Waals surface area contributed by atoms with E-state index in [1.165, 1.54) is 18.5 Å². The van der Waals surface area contributed by atoms with Crippen LogP contribution >= 0.6 is 0 Å². The molecular formula is C23H27N3O5. The minimum atomic E-state index is -1.34. The Kier molecular flexibility index (Phi) is 5.92. The average molecular weight is 425 g/mol. The second kappa shape index (κ2) is 8.29. The third-order valence-electron chi connectivity index (χ3n) is 5.10. The van der Waals surface area contributed by atoms with E-state index >= 15 is 0 Å². The smallest absolute Gasteiger partial charge is 0.351 e. The van der Waals surface area contributed by atoms with E-state index in [1.54, 1.807) is 42.9 Å². The van der Waals surface area contributed by atoms with Gasteiger partial charge in [-0.2, -0.15) is 9.78 Å². The molecule has 31 heavy (non-hydrogen) atoms. The Morgan fingerprint density at radius 3 is 2.19 bits per heavy atom. The van der Waals surface area contributed by atoms with Gasteiger partial charge in [-0.1, -0.05) is 12.1 Å². The van der Waals surface area contributed by atoms with Gasteiger partial charge in [-0.05, 0) is 75.6 Å². The molecule has 0 spiro atoms. The summed E-state index contributed by atoms with van der Waals surface area (Å²) in [5.41, 5.74) is 1.57. The van der Waals surface area contributed by atoms with E-state index in [4.69, 9.17) is 9.47 Å². The number of carbonyl (C=O) groups is 1. The van der Waals surface area contributed by atoms with Gasteiger partial charge in [0.05, 0.1) is 19.3 Å². The SMILES string of the molecule is COc1ccc(-n2nc(C)n(Cc3cc(C)c(OC(C)(C)C(=O)O)c(C)c3)c2=O)cc1. The summed E-state index contributed by atoms with van der Waals surface area (Å²) in [7, 11) is 1.59. The van der Waals surface area contributed by atoms with Crippen molar-refractivity contribution in [1.29, 1.82) is 0 Å². The highest BCUT2D eigenvalue weighted by atomic mass is 16.5. The summed E-state index contributed by atoms with van der Waals surface area (Å²) in [4.78, 5) is 24.4. The number of hydrogen-bond donors (Lipinski definition) is 1. The highest BCUT2D eigenvalue weighted by molar-refractivity contribution is 5.77. The molecule has 164 valence electrons. The fraction of sp³-hybridized carbons (Fsp3) is 0.348. The Morgan fingerprint density at radius 2 is 1.68 bits per heavy atom. The molecular weight excluding hydrogens is 398 g/mol. The van der Waals surface area contributed by atoms with Crippen molar-refractivity contribution in [3.63, 3.8) is 0 Å². The molecule has 0 bridgehead atoms. The summed E-state index contributed by atoms with van der Waals surface area (Å²) in [5.74, 6) is 0.786. The molecule has 0 saturated heterocycles. The summed E-state index contributed by atoms with van der Waals surface area (Å²) in [6.07, 6.45) is 0. The van der Waals surface area contributed by atoms with E-state index in [1.807, 2.05) is 26.0 Å². The molecule has 1 heterocycles. The summed E-state index contributed by atoms with van der Waals surface area (Å²) < 4.78 is 13.9. The van der Waals surface area contributed by atoms with Crippen molar-refractivity contribution in [3.8, 4) is 17.2 Å². The van der Waals surface area contributed by atoms with Gasteiger partial charge in [0.1, 0.15) is 17.3 Å². The fourth-order valence-electron chi connectivity index (χ4n) is 3.34. The lowest BCUT2D eigenvalue weighted by Gasteiger charge is -2.24. The summed E-state index contributed by atoms with van der Waals surface area (Å²) >= 11 is 0. The van der Waals surface area contributed by atoms with Gasteiger partial charge in [0.2, 0.25) is 0 Å². The highest BCUT2D eigenvalue weighted by Crippen LogP contribution is 2.29. The molecule has 0 atom stereocenters. The predicted octanol–water partition coefficient (Wildman–Crippen LogP) is 3.26. The van der Waals surface area contributed by atoms with Crippen molar-refractivity contribution in [2.24, 2.45) is 0 Å². The van der Waals surface area contributed by atoms with Gasteiger partial charge in [-0.15, -0.1) is 0 Å². The molecule has 0 radical (unpaired) electrons. The first-order valence-corrected chi connectivity index (χ1v) is 9.87. The molecule has 0 aliphatic carbocycles. The number of aliphatic carboxylic acids is 1. The number of carboxylic acids is 1. The van der Waals surface area contributed by atoms with Crippen LogP contribution in [0.4, 0.5) is 0 Å². The summed E-state index contributed by atoms with van der Waals surface area (Å²) in [6.45, 7) is 8.87. The highest BCUT2D eigenvalue weighted by Gasteiger charge is 2.30. The van der Waals surface area contributed by atoms with Crippen LogP contribution in [0.5, 0.6) is 11.5 Å². The van der Waals surface area contributed by atoms with Crippen LogP contribution in [-0.4, -0.2) is 38.1 Å². The second-order valence-electron chi connectivity index (χ2n) is 8.00. The third-order valence-corrected chi connectivity index (χ3v) is 5.10. The standard InChI is InChI=1S/C23H27N3O5/c1-14-11-17(12-15(2)20(14)31-23(4,5)21(27)28)13-25-16(3)24-26(22(25)29)18-7-9-19(30-6)10-8-18/h7-12H,13H2,1-6H3,(H,27,28). The Morgan fingerprint density at radius 1 is 1.10 bits per heavy atom. The van der Waals surface area contributed by atoms with Gasteiger partial charge in [0.25, 0.3) is 0 Å². The van der Waals surface area contributed by atoms with Crippen molar-refractivity contribution in [1.82, 2.24) is 14.3 Å². The largest absolute Gasteiger partial charge is 0.497 e. The zero-order valence-electron chi connectivity index (χ0n) is 18.6.